The Kier molecular flexibility index (Phi) is 8.38. The number of aryl methyl sites for hydroxylation is 2. The lowest BCUT2D eigenvalue weighted by atomic mass is 10.1. The normalized spacial score (nSPS) is 17.5. The first kappa shape index (κ1) is 26.2. The van der Waals surface area contributed by atoms with Crippen LogP contribution in [0.4, 0.5) is 0 Å². The van der Waals surface area contributed by atoms with Crippen molar-refractivity contribution >= 4 is 39.3 Å². The molecule has 0 radical (unpaired) electrons. The fourth-order valence-corrected chi connectivity index (χ4v) is 6.21. The number of esters is 1. The minimum absolute atomic E-state index is 0.00581. The van der Waals surface area contributed by atoms with Gasteiger partial charge in [-0.2, -0.15) is 5.10 Å². The van der Waals surface area contributed by atoms with Crippen LogP contribution in [-0.2, 0) is 30.7 Å². The Morgan fingerprint density at radius 1 is 1.29 bits per heavy atom. The van der Waals surface area contributed by atoms with Crippen molar-refractivity contribution < 1.29 is 27.5 Å². The van der Waals surface area contributed by atoms with Crippen LogP contribution in [0.1, 0.15) is 51.9 Å². The van der Waals surface area contributed by atoms with Crippen LogP contribution in [0.2, 0.25) is 5.15 Å². The van der Waals surface area contributed by atoms with E-state index in [0.717, 1.165) is 24.4 Å². The maximum absolute atomic E-state index is 12.6. The van der Waals surface area contributed by atoms with E-state index in [4.69, 9.17) is 21.1 Å². The molecule has 34 heavy (non-hydrogen) atoms. The number of ether oxygens (including phenoxy) is 2. The second-order valence-corrected chi connectivity index (χ2v) is 11.0. The zero-order valence-electron chi connectivity index (χ0n) is 19.8. The van der Waals surface area contributed by atoms with Gasteiger partial charge in [0.15, 0.2) is 16.4 Å². The topological polar surface area (TPSA) is 109 Å². The Morgan fingerprint density at radius 2 is 2.03 bits per heavy atom. The van der Waals surface area contributed by atoms with Crippen molar-refractivity contribution in [3.63, 3.8) is 0 Å². The van der Waals surface area contributed by atoms with E-state index in [1.54, 1.807) is 20.1 Å². The number of rotatable bonds is 10. The average Bonchev–Trinajstić information content (AvgIpc) is 3.38. The Bertz CT molecular complexity index is 1210. The highest BCUT2D eigenvalue weighted by molar-refractivity contribution is 7.91. The molecular weight excluding hydrogens is 482 g/mol. The molecule has 0 bridgehead atoms. The van der Waals surface area contributed by atoms with Crippen LogP contribution in [0.5, 0.6) is 0 Å². The summed E-state index contributed by atoms with van der Waals surface area (Å²) < 4.78 is 37.3. The molecule has 9 nitrogen and oxygen atoms in total. The first-order valence-corrected chi connectivity index (χ1v) is 13.2. The van der Waals surface area contributed by atoms with Gasteiger partial charge in [-0.25, -0.2) is 17.9 Å². The molecule has 0 unspecified atom stereocenters. The molecule has 1 aliphatic rings. The Morgan fingerprint density at radius 3 is 2.68 bits per heavy atom. The van der Waals surface area contributed by atoms with Crippen LogP contribution in [-0.4, -0.2) is 66.3 Å². The van der Waals surface area contributed by atoms with Crippen molar-refractivity contribution in [1.82, 2.24) is 14.3 Å². The van der Waals surface area contributed by atoms with Crippen molar-refractivity contribution in [1.29, 1.82) is 0 Å². The van der Waals surface area contributed by atoms with Gasteiger partial charge in [-0.05, 0) is 45.8 Å². The number of ketones is 1. The highest BCUT2D eigenvalue weighted by Crippen LogP contribution is 2.30. The molecule has 2 aromatic heterocycles. The summed E-state index contributed by atoms with van der Waals surface area (Å²) >= 11 is 6.41. The number of aromatic nitrogens is 3. The number of hydrogen-bond acceptors (Lipinski definition) is 7. The molecule has 3 rings (SSSR count). The molecular formula is C23H30ClN3O6S. The van der Waals surface area contributed by atoms with Crippen LogP contribution in [0.3, 0.4) is 0 Å². The smallest absolute Gasteiger partial charge is 0.331 e. The summed E-state index contributed by atoms with van der Waals surface area (Å²) in [4.78, 5) is 24.9. The van der Waals surface area contributed by atoms with Gasteiger partial charge >= 0.3 is 5.97 Å². The average molecular weight is 512 g/mol. The van der Waals surface area contributed by atoms with Crippen LogP contribution < -0.4 is 0 Å². The molecule has 186 valence electrons. The summed E-state index contributed by atoms with van der Waals surface area (Å²) in [5, 5.41) is 4.61. The molecule has 0 aromatic carbocycles. The predicted octanol–water partition coefficient (Wildman–Crippen LogP) is 3.10. The molecule has 2 aromatic rings. The third-order valence-electron chi connectivity index (χ3n) is 5.96. The van der Waals surface area contributed by atoms with Gasteiger partial charge in [-0.3, -0.25) is 4.79 Å². The molecule has 1 atom stereocenters. The maximum Gasteiger partial charge on any atom is 0.331 e. The van der Waals surface area contributed by atoms with E-state index in [-0.39, 0.29) is 35.1 Å². The Balaban J connectivity index is 1.61. The number of hydrogen-bond donors (Lipinski definition) is 0. The minimum Gasteiger partial charge on any atom is -0.454 e. The third-order valence-corrected chi connectivity index (χ3v) is 8.09. The summed E-state index contributed by atoms with van der Waals surface area (Å²) in [5.74, 6) is -0.867. The lowest BCUT2D eigenvalue weighted by Gasteiger charge is -2.09. The van der Waals surface area contributed by atoms with Crippen LogP contribution >= 0.6 is 11.6 Å². The highest BCUT2D eigenvalue weighted by atomic mass is 35.5. The molecule has 1 fully saturated rings. The molecule has 0 aliphatic carbocycles. The number of sulfone groups is 1. The van der Waals surface area contributed by atoms with E-state index < -0.39 is 15.8 Å². The van der Waals surface area contributed by atoms with Crippen molar-refractivity contribution in [3.05, 3.63) is 45.5 Å². The molecule has 0 amide bonds. The Labute approximate surface area is 204 Å². The van der Waals surface area contributed by atoms with E-state index in [9.17, 15) is 18.0 Å². The summed E-state index contributed by atoms with van der Waals surface area (Å²) in [7, 11) is -1.44. The number of carbonyl (C=O) groups excluding carboxylic acids is 2. The second kappa shape index (κ2) is 10.9. The standard InChI is InChI=1S/C23H30ClN3O6S/c1-15-12-20(17(3)26(15)9-5-10-32-4)21(28)13-33-22(29)7-6-19-16(2)25-27(23(19)24)18-8-11-34(30,31)14-18/h6-7,12,18H,5,8-11,13-14H2,1-4H3/b7-6+/t18-/m1/s1. The number of halogens is 1. The van der Waals surface area contributed by atoms with Crippen molar-refractivity contribution in [3.8, 4) is 0 Å². The SMILES string of the molecule is COCCCn1c(C)cc(C(=O)COC(=O)/C=C/c2c(C)nn([C@@H]3CCS(=O)(=O)C3)c2Cl)c1C. The quantitative estimate of drug-likeness (QED) is 0.208. The van der Waals surface area contributed by atoms with Gasteiger partial charge in [0.2, 0.25) is 5.78 Å². The van der Waals surface area contributed by atoms with Gasteiger partial charge in [0.05, 0.1) is 23.2 Å². The first-order valence-electron chi connectivity index (χ1n) is 11.0. The summed E-state index contributed by atoms with van der Waals surface area (Å²) in [5.41, 5.74) is 3.39. The second-order valence-electron chi connectivity index (χ2n) is 8.44. The minimum atomic E-state index is -3.09. The lowest BCUT2D eigenvalue weighted by Crippen LogP contribution is -2.14. The fraction of sp³-hybridized carbons (Fsp3) is 0.522. The molecule has 1 aliphatic heterocycles. The largest absolute Gasteiger partial charge is 0.454 e. The monoisotopic (exact) mass is 511 g/mol. The van der Waals surface area contributed by atoms with Crippen molar-refractivity contribution in [2.24, 2.45) is 0 Å². The van der Waals surface area contributed by atoms with E-state index in [2.05, 4.69) is 5.10 Å². The maximum atomic E-state index is 12.6. The number of nitrogens with zero attached hydrogens (tertiary/aromatic N) is 3. The van der Waals surface area contributed by atoms with Gasteiger partial charge in [-0.15, -0.1) is 0 Å². The van der Waals surface area contributed by atoms with Gasteiger partial charge < -0.3 is 14.0 Å². The van der Waals surface area contributed by atoms with Gasteiger partial charge in [-0.1, -0.05) is 11.6 Å². The molecule has 0 N–H and O–H groups in total. The lowest BCUT2D eigenvalue weighted by molar-refractivity contribution is -0.136. The molecule has 3 heterocycles. The number of Topliss-reactive ketones (excluding diaryl/α,β-unsaturated/α-hetero) is 1. The van der Waals surface area contributed by atoms with Crippen molar-refractivity contribution in [2.45, 2.75) is 46.2 Å². The summed E-state index contributed by atoms with van der Waals surface area (Å²) in [6.45, 7) is 6.51. The van der Waals surface area contributed by atoms with E-state index in [0.29, 0.717) is 29.8 Å². The van der Waals surface area contributed by atoms with Gasteiger partial charge in [0, 0.05) is 48.9 Å². The molecule has 11 heteroatoms. The summed E-state index contributed by atoms with van der Waals surface area (Å²) in [6.07, 6.45) is 3.94. The molecule has 0 saturated carbocycles. The highest BCUT2D eigenvalue weighted by Gasteiger charge is 2.31. The molecule has 1 saturated heterocycles. The zero-order chi connectivity index (χ0) is 25.0. The van der Waals surface area contributed by atoms with E-state index in [1.807, 2.05) is 18.4 Å². The van der Waals surface area contributed by atoms with Crippen LogP contribution in [0.25, 0.3) is 6.08 Å². The third kappa shape index (κ3) is 5.97. The van der Waals surface area contributed by atoms with Crippen LogP contribution in [0, 0.1) is 20.8 Å². The van der Waals surface area contributed by atoms with Gasteiger partial charge in [0.25, 0.3) is 0 Å². The number of carbonyl (C=O) groups is 2. The molecule has 0 spiro atoms. The predicted molar refractivity (Wildman–Crippen MR) is 129 cm³/mol. The van der Waals surface area contributed by atoms with E-state index >= 15 is 0 Å². The fourth-order valence-electron chi connectivity index (χ4n) is 4.14. The summed E-state index contributed by atoms with van der Waals surface area (Å²) in [6, 6.07) is 1.48. The first-order chi connectivity index (χ1) is 16.0. The van der Waals surface area contributed by atoms with Crippen molar-refractivity contribution in [2.75, 3.05) is 31.8 Å². The van der Waals surface area contributed by atoms with E-state index in [1.165, 1.54) is 16.8 Å². The zero-order valence-corrected chi connectivity index (χ0v) is 21.4. The Hall–Kier alpha value is -2.43. The number of methoxy groups -OCH3 is 1. The van der Waals surface area contributed by atoms with Crippen LogP contribution in [0.15, 0.2) is 12.1 Å². The van der Waals surface area contributed by atoms with Gasteiger partial charge in [0.1, 0.15) is 5.15 Å².